The molecule has 8 heteroatoms. The van der Waals surface area contributed by atoms with Gasteiger partial charge in [0.2, 0.25) is 0 Å². The number of nitrogens with two attached hydrogens (primary N) is 1. The Morgan fingerprint density at radius 3 is 3.00 bits per heavy atom. The van der Waals surface area contributed by atoms with Gasteiger partial charge in [-0.25, -0.2) is 0 Å². The molecule has 0 bridgehead atoms. The third-order valence-electron chi connectivity index (χ3n) is 3.18. The minimum atomic E-state index is -0.362. The van der Waals surface area contributed by atoms with Gasteiger partial charge in [0, 0.05) is 0 Å². The van der Waals surface area contributed by atoms with Crippen molar-refractivity contribution in [2.45, 2.75) is 38.3 Å². The summed E-state index contributed by atoms with van der Waals surface area (Å²) in [5, 5.41) is 7.81. The Hall–Kier alpha value is -1.38. The molecule has 1 fully saturated rings. The highest BCUT2D eigenvalue weighted by atomic mass is 32.1. The van der Waals surface area contributed by atoms with Crippen LogP contribution in [0, 0.1) is 6.92 Å². The van der Waals surface area contributed by atoms with Crippen LogP contribution < -0.4 is 5.73 Å². The van der Waals surface area contributed by atoms with E-state index in [1.54, 1.807) is 0 Å². The van der Waals surface area contributed by atoms with Crippen molar-refractivity contribution in [3.8, 4) is 10.8 Å². The Bertz CT molecular complexity index is 551. The molecule has 1 saturated carbocycles. The first kappa shape index (κ1) is 12.6. The Morgan fingerprint density at radius 2 is 2.37 bits per heavy atom. The van der Waals surface area contributed by atoms with Gasteiger partial charge in [-0.3, -0.25) is 0 Å². The molecule has 2 aromatic rings. The molecule has 1 atom stereocenters. The summed E-state index contributed by atoms with van der Waals surface area (Å²) in [5.41, 5.74) is 6.77. The Balaban J connectivity index is 1.65. The van der Waals surface area contributed by atoms with E-state index in [9.17, 15) is 0 Å². The van der Waals surface area contributed by atoms with Crippen LogP contribution in [0.4, 0.5) is 0 Å². The van der Waals surface area contributed by atoms with E-state index >= 15 is 0 Å². The van der Waals surface area contributed by atoms with Crippen molar-refractivity contribution in [3.05, 3.63) is 11.5 Å². The van der Waals surface area contributed by atoms with Gasteiger partial charge in [0.05, 0.1) is 24.4 Å². The number of rotatable bonds is 5. The summed E-state index contributed by atoms with van der Waals surface area (Å²) in [6.45, 7) is 2.27. The Kier molecular flexibility index (Phi) is 3.54. The molecular formula is C11H15N5O2S. The van der Waals surface area contributed by atoms with E-state index in [0.29, 0.717) is 24.4 Å². The minimum absolute atomic E-state index is 0.352. The SMILES string of the molecule is Cc1nnsc1-c1nc(C(N)COC2CCC2)no1. The van der Waals surface area contributed by atoms with E-state index in [4.69, 9.17) is 15.0 Å². The summed E-state index contributed by atoms with van der Waals surface area (Å²) in [6, 6.07) is -0.362. The molecule has 2 N–H and O–H groups in total. The number of aryl methyl sites for hydroxylation is 1. The first-order valence-corrected chi connectivity index (χ1v) is 7.01. The van der Waals surface area contributed by atoms with Crippen LogP contribution in [0.3, 0.4) is 0 Å². The predicted molar refractivity (Wildman–Crippen MR) is 68.5 cm³/mol. The molecule has 0 spiro atoms. The van der Waals surface area contributed by atoms with Crippen LogP contribution in [0.1, 0.15) is 36.8 Å². The van der Waals surface area contributed by atoms with Crippen LogP contribution in [-0.2, 0) is 4.74 Å². The number of aromatic nitrogens is 4. The second-order valence-electron chi connectivity index (χ2n) is 4.64. The van der Waals surface area contributed by atoms with Crippen molar-refractivity contribution < 1.29 is 9.26 Å². The van der Waals surface area contributed by atoms with Crippen molar-refractivity contribution >= 4 is 11.5 Å². The summed E-state index contributed by atoms with van der Waals surface area (Å²) >= 11 is 1.23. The zero-order valence-corrected chi connectivity index (χ0v) is 11.4. The van der Waals surface area contributed by atoms with Crippen LogP contribution >= 0.6 is 11.5 Å². The lowest BCUT2D eigenvalue weighted by Crippen LogP contribution is -2.27. The van der Waals surface area contributed by atoms with Gasteiger partial charge in [0.15, 0.2) is 5.82 Å². The van der Waals surface area contributed by atoms with Gasteiger partial charge >= 0.3 is 0 Å². The van der Waals surface area contributed by atoms with Crippen molar-refractivity contribution in [2.75, 3.05) is 6.61 Å². The van der Waals surface area contributed by atoms with Gasteiger partial charge in [-0.05, 0) is 37.7 Å². The van der Waals surface area contributed by atoms with E-state index in [2.05, 4.69) is 19.7 Å². The highest BCUT2D eigenvalue weighted by molar-refractivity contribution is 7.09. The molecule has 3 rings (SSSR count). The highest BCUT2D eigenvalue weighted by Gasteiger charge is 2.22. The zero-order chi connectivity index (χ0) is 13.2. The minimum Gasteiger partial charge on any atom is -0.376 e. The molecule has 1 unspecified atom stereocenters. The largest absolute Gasteiger partial charge is 0.376 e. The van der Waals surface area contributed by atoms with Crippen molar-refractivity contribution in [1.82, 2.24) is 19.7 Å². The molecule has 2 aromatic heterocycles. The maximum Gasteiger partial charge on any atom is 0.271 e. The first-order valence-electron chi connectivity index (χ1n) is 6.24. The zero-order valence-electron chi connectivity index (χ0n) is 10.6. The van der Waals surface area contributed by atoms with Crippen LogP contribution in [0.25, 0.3) is 10.8 Å². The summed E-state index contributed by atoms with van der Waals surface area (Å²) in [4.78, 5) is 5.07. The molecule has 7 nitrogen and oxygen atoms in total. The molecule has 0 aliphatic heterocycles. The summed E-state index contributed by atoms with van der Waals surface area (Å²) in [6.07, 6.45) is 3.83. The van der Waals surface area contributed by atoms with Crippen LogP contribution in [-0.4, -0.2) is 32.4 Å². The third kappa shape index (κ3) is 2.65. The average molecular weight is 281 g/mol. The second kappa shape index (κ2) is 5.32. The van der Waals surface area contributed by atoms with Gasteiger partial charge in [0.1, 0.15) is 4.88 Å². The monoisotopic (exact) mass is 281 g/mol. The normalized spacial score (nSPS) is 17.4. The molecule has 2 heterocycles. The molecule has 0 saturated heterocycles. The topological polar surface area (TPSA) is 100.0 Å². The lowest BCUT2D eigenvalue weighted by molar-refractivity contribution is -0.00549. The molecule has 19 heavy (non-hydrogen) atoms. The molecule has 1 aliphatic rings. The smallest absolute Gasteiger partial charge is 0.271 e. The Labute approximate surface area is 114 Å². The number of hydrogen-bond donors (Lipinski definition) is 1. The van der Waals surface area contributed by atoms with Crippen LogP contribution in [0.5, 0.6) is 0 Å². The Morgan fingerprint density at radius 1 is 1.53 bits per heavy atom. The molecule has 0 aromatic carbocycles. The molecule has 1 aliphatic carbocycles. The molecule has 0 radical (unpaired) electrons. The van der Waals surface area contributed by atoms with Gasteiger partial charge in [-0.2, -0.15) is 4.98 Å². The predicted octanol–water partition coefficient (Wildman–Crippen LogP) is 1.47. The van der Waals surface area contributed by atoms with Crippen molar-refractivity contribution in [3.63, 3.8) is 0 Å². The lowest BCUT2D eigenvalue weighted by Gasteiger charge is -2.26. The fraction of sp³-hybridized carbons (Fsp3) is 0.636. The average Bonchev–Trinajstić information content (AvgIpc) is 2.94. The van der Waals surface area contributed by atoms with E-state index in [1.807, 2.05) is 6.92 Å². The second-order valence-corrected chi connectivity index (χ2v) is 5.39. The van der Waals surface area contributed by atoms with E-state index in [0.717, 1.165) is 23.4 Å². The number of nitrogens with zero attached hydrogens (tertiary/aromatic N) is 4. The third-order valence-corrected chi connectivity index (χ3v) is 4.00. The fourth-order valence-corrected chi connectivity index (χ4v) is 2.34. The maximum atomic E-state index is 5.99. The quantitative estimate of drug-likeness (QED) is 0.885. The number of ether oxygens (including phenoxy) is 1. The van der Waals surface area contributed by atoms with Gasteiger partial charge < -0.3 is 15.0 Å². The molecule has 102 valence electrons. The standard InChI is InChI=1S/C11H15N5O2S/c1-6-9(19-16-14-6)11-13-10(15-18-11)8(12)5-17-7-3-2-4-7/h7-8H,2-5,12H2,1H3. The summed E-state index contributed by atoms with van der Waals surface area (Å²) < 4.78 is 14.7. The molecular weight excluding hydrogens is 266 g/mol. The van der Waals surface area contributed by atoms with E-state index in [-0.39, 0.29) is 6.04 Å². The van der Waals surface area contributed by atoms with Gasteiger partial charge in [-0.15, -0.1) is 5.10 Å². The fourth-order valence-electron chi connectivity index (χ4n) is 1.76. The summed E-state index contributed by atoms with van der Waals surface area (Å²) in [7, 11) is 0. The van der Waals surface area contributed by atoms with Crippen molar-refractivity contribution in [2.24, 2.45) is 5.73 Å². The van der Waals surface area contributed by atoms with Gasteiger partial charge in [0.25, 0.3) is 5.89 Å². The first-order chi connectivity index (χ1) is 9.24. The molecule has 0 amide bonds. The highest BCUT2D eigenvalue weighted by Crippen LogP contribution is 2.25. The van der Waals surface area contributed by atoms with Crippen molar-refractivity contribution in [1.29, 1.82) is 0 Å². The van der Waals surface area contributed by atoms with Gasteiger partial charge in [-0.1, -0.05) is 9.64 Å². The van der Waals surface area contributed by atoms with Crippen LogP contribution in [0.2, 0.25) is 0 Å². The maximum absolute atomic E-state index is 5.99. The number of hydrogen-bond acceptors (Lipinski definition) is 8. The summed E-state index contributed by atoms with van der Waals surface area (Å²) in [5.74, 6) is 0.878. The van der Waals surface area contributed by atoms with E-state index < -0.39 is 0 Å². The van der Waals surface area contributed by atoms with Crippen LogP contribution in [0.15, 0.2) is 4.52 Å². The lowest BCUT2D eigenvalue weighted by atomic mass is 9.96. The van der Waals surface area contributed by atoms with E-state index in [1.165, 1.54) is 18.0 Å².